The van der Waals surface area contributed by atoms with Crippen molar-refractivity contribution in [1.82, 2.24) is 10.6 Å². The first kappa shape index (κ1) is 17.5. The molecule has 1 fully saturated rings. The van der Waals surface area contributed by atoms with Gasteiger partial charge in [0.1, 0.15) is 0 Å². The van der Waals surface area contributed by atoms with Crippen LogP contribution >= 0.6 is 0 Å². The molecule has 0 atom stereocenters. The van der Waals surface area contributed by atoms with Crippen molar-refractivity contribution >= 4 is 5.71 Å². The molecule has 126 valence electrons. The number of nitrogens with zero attached hydrogens (tertiary/aromatic N) is 1. The third-order valence-electron chi connectivity index (χ3n) is 4.13. The van der Waals surface area contributed by atoms with Crippen LogP contribution in [0.25, 0.3) is 0 Å². The maximum Gasteiger partial charge on any atom is 0.0968 e. The number of hydrogen-bond acceptors (Lipinski definition) is 4. The van der Waals surface area contributed by atoms with Crippen molar-refractivity contribution in [3.8, 4) is 0 Å². The molecule has 0 spiro atoms. The van der Waals surface area contributed by atoms with Gasteiger partial charge in [-0.1, -0.05) is 26.2 Å². The zero-order valence-electron chi connectivity index (χ0n) is 14.6. The molecule has 4 heteroatoms. The lowest BCUT2D eigenvalue weighted by molar-refractivity contribution is 0.239. The monoisotopic (exact) mass is 315 g/mol. The molecule has 0 amide bonds. The quantitative estimate of drug-likeness (QED) is 0.643. The minimum absolute atomic E-state index is 0.142. The molecule has 0 aromatic rings. The number of aliphatic imine (C=N–C) groups is 1. The average molecular weight is 315 g/mol. The van der Waals surface area contributed by atoms with Crippen LogP contribution in [0.5, 0.6) is 0 Å². The number of allylic oxidation sites excluding steroid dienone is 4. The third-order valence-corrected chi connectivity index (χ3v) is 4.13. The Labute approximate surface area is 139 Å². The number of aliphatic hydroxyl groups is 1. The Balaban J connectivity index is 2.19. The zero-order chi connectivity index (χ0) is 17.0. The first-order valence-corrected chi connectivity index (χ1v) is 8.41. The first-order valence-electron chi connectivity index (χ1n) is 8.41. The molecule has 2 rings (SSSR count). The van der Waals surface area contributed by atoms with E-state index in [0.29, 0.717) is 12.3 Å². The van der Waals surface area contributed by atoms with Gasteiger partial charge in [-0.25, -0.2) is 0 Å². The molecule has 0 aromatic heterocycles. The minimum atomic E-state index is -0.222. The van der Waals surface area contributed by atoms with Gasteiger partial charge in [0.25, 0.3) is 0 Å². The summed E-state index contributed by atoms with van der Waals surface area (Å²) in [6.45, 7) is 14.6. The van der Waals surface area contributed by atoms with E-state index >= 15 is 0 Å². The summed E-state index contributed by atoms with van der Waals surface area (Å²) in [5.41, 5.74) is 4.38. The Morgan fingerprint density at radius 2 is 2.22 bits per heavy atom. The van der Waals surface area contributed by atoms with Gasteiger partial charge in [-0.05, 0) is 39.5 Å². The second-order valence-electron chi connectivity index (χ2n) is 6.91. The van der Waals surface area contributed by atoms with Crippen LogP contribution in [0, 0.1) is 5.92 Å². The lowest BCUT2D eigenvalue weighted by atomic mass is 9.99. The van der Waals surface area contributed by atoms with Gasteiger partial charge in [0.05, 0.1) is 11.4 Å². The highest BCUT2D eigenvalue weighted by molar-refractivity contribution is 6.16. The van der Waals surface area contributed by atoms with Crippen molar-refractivity contribution in [2.24, 2.45) is 10.9 Å². The highest BCUT2D eigenvalue weighted by Crippen LogP contribution is 2.38. The maximum atomic E-state index is 9.18. The fourth-order valence-corrected chi connectivity index (χ4v) is 2.66. The van der Waals surface area contributed by atoms with Crippen molar-refractivity contribution in [3.05, 3.63) is 48.1 Å². The topological polar surface area (TPSA) is 56.6 Å². The molecule has 2 aliphatic rings. The Bertz CT molecular complexity index is 577. The smallest absolute Gasteiger partial charge is 0.0968 e. The van der Waals surface area contributed by atoms with Crippen LogP contribution in [0.3, 0.4) is 0 Å². The Morgan fingerprint density at radius 3 is 2.78 bits per heavy atom. The normalized spacial score (nSPS) is 20.5. The highest BCUT2D eigenvalue weighted by Gasteiger charge is 2.29. The van der Waals surface area contributed by atoms with E-state index in [1.807, 2.05) is 6.20 Å². The molecule has 0 bridgehead atoms. The van der Waals surface area contributed by atoms with E-state index in [1.54, 1.807) is 0 Å². The van der Waals surface area contributed by atoms with Gasteiger partial charge in [-0.15, -0.1) is 0 Å². The highest BCUT2D eigenvalue weighted by atomic mass is 16.3. The van der Waals surface area contributed by atoms with Gasteiger partial charge in [-0.3, -0.25) is 4.99 Å². The number of aliphatic hydroxyl groups excluding tert-OH is 1. The number of nitrogens with one attached hydrogen (secondary N) is 2. The van der Waals surface area contributed by atoms with E-state index in [0.717, 1.165) is 29.1 Å². The number of hydrogen-bond donors (Lipinski definition) is 3. The van der Waals surface area contributed by atoms with Crippen LogP contribution in [0.1, 0.15) is 46.5 Å². The molecule has 1 heterocycles. The van der Waals surface area contributed by atoms with E-state index in [-0.39, 0.29) is 12.1 Å². The van der Waals surface area contributed by atoms with Crippen molar-refractivity contribution < 1.29 is 5.11 Å². The van der Waals surface area contributed by atoms with E-state index in [1.165, 1.54) is 18.5 Å². The fourth-order valence-electron chi connectivity index (χ4n) is 2.66. The predicted molar refractivity (Wildman–Crippen MR) is 96.9 cm³/mol. The summed E-state index contributed by atoms with van der Waals surface area (Å²) in [7, 11) is 0. The van der Waals surface area contributed by atoms with E-state index < -0.39 is 0 Å². The largest absolute Gasteiger partial charge is 0.396 e. The molecule has 1 aliphatic carbocycles. The molecule has 0 radical (unpaired) electrons. The van der Waals surface area contributed by atoms with Crippen LogP contribution in [0.2, 0.25) is 0 Å². The first-order chi connectivity index (χ1) is 10.9. The molecular weight excluding hydrogens is 286 g/mol. The Kier molecular flexibility index (Phi) is 5.47. The van der Waals surface area contributed by atoms with Gasteiger partial charge in [0.2, 0.25) is 0 Å². The Morgan fingerprint density at radius 1 is 1.52 bits per heavy atom. The maximum absolute atomic E-state index is 9.18. The molecule has 1 saturated carbocycles. The fraction of sp³-hybridized carbons (Fsp3) is 0.526. The summed E-state index contributed by atoms with van der Waals surface area (Å²) in [5, 5.41) is 15.7. The molecular formula is C19H29N3O. The second kappa shape index (κ2) is 7.18. The molecule has 4 nitrogen and oxygen atoms in total. The third kappa shape index (κ3) is 4.58. The van der Waals surface area contributed by atoms with Crippen LogP contribution in [0.4, 0.5) is 0 Å². The summed E-state index contributed by atoms with van der Waals surface area (Å²) >= 11 is 0. The van der Waals surface area contributed by atoms with Gasteiger partial charge < -0.3 is 15.7 Å². The van der Waals surface area contributed by atoms with Crippen molar-refractivity contribution in [1.29, 1.82) is 0 Å². The molecule has 0 saturated heterocycles. The zero-order valence-corrected chi connectivity index (χ0v) is 14.6. The SMILES string of the molecule is C=C(NC(C)(C)CCO)C1=CNC(=C)/C1=N\C(=C/CC)C1CC1. The van der Waals surface area contributed by atoms with Crippen LogP contribution in [0.15, 0.2) is 53.1 Å². The van der Waals surface area contributed by atoms with E-state index in [9.17, 15) is 5.11 Å². The molecule has 0 unspecified atom stereocenters. The van der Waals surface area contributed by atoms with Gasteiger partial charge in [0.15, 0.2) is 0 Å². The second-order valence-corrected chi connectivity index (χ2v) is 6.91. The van der Waals surface area contributed by atoms with Crippen molar-refractivity contribution in [2.45, 2.75) is 52.0 Å². The minimum Gasteiger partial charge on any atom is -0.396 e. The summed E-state index contributed by atoms with van der Waals surface area (Å²) in [6, 6.07) is 0. The summed E-state index contributed by atoms with van der Waals surface area (Å²) in [4.78, 5) is 4.88. The van der Waals surface area contributed by atoms with Gasteiger partial charge >= 0.3 is 0 Å². The molecule has 3 N–H and O–H groups in total. The summed E-state index contributed by atoms with van der Waals surface area (Å²) in [6.07, 6.45) is 8.21. The summed E-state index contributed by atoms with van der Waals surface area (Å²) < 4.78 is 0. The van der Waals surface area contributed by atoms with Crippen LogP contribution in [-0.2, 0) is 0 Å². The van der Waals surface area contributed by atoms with E-state index in [4.69, 9.17) is 4.99 Å². The van der Waals surface area contributed by atoms with Crippen molar-refractivity contribution in [2.75, 3.05) is 6.61 Å². The molecule has 0 aromatic carbocycles. The van der Waals surface area contributed by atoms with Gasteiger partial charge in [-0.2, -0.15) is 0 Å². The number of rotatable bonds is 8. The molecule has 23 heavy (non-hydrogen) atoms. The van der Waals surface area contributed by atoms with E-state index in [2.05, 4.69) is 50.6 Å². The average Bonchev–Trinajstić information content (AvgIpc) is 3.23. The van der Waals surface area contributed by atoms with Crippen LogP contribution < -0.4 is 10.6 Å². The standard InChI is InChI=1S/C19H29N3O/c1-6-7-17(15-8-9-15)21-18-14(3)20-12-16(18)13(2)22-19(4,5)10-11-23/h7,12,15,20,22-23H,2-3,6,8-11H2,1,4-5H3/b17-7-,21-18+. The predicted octanol–water partition coefficient (Wildman–Crippen LogP) is 3.40. The Hall–Kier alpha value is -1.81. The van der Waals surface area contributed by atoms with Crippen molar-refractivity contribution in [3.63, 3.8) is 0 Å². The molecule has 1 aliphatic heterocycles. The van der Waals surface area contributed by atoms with Gasteiger partial charge in [0, 0.05) is 41.2 Å². The summed E-state index contributed by atoms with van der Waals surface area (Å²) in [5.74, 6) is 0.601. The van der Waals surface area contributed by atoms with Crippen LogP contribution in [-0.4, -0.2) is 23.0 Å². The lowest BCUT2D eigenvalue weighted by Gasteiger charge is -2.28. The lowest BCUT2D eigenvalue weighted by Crippen LogP contribution is -2.40.